The molecule has 3 atom stereocenters. The first-order chi connectivity index (χ1) is 17.6. The summed E-state index contributed by atoms with van der Waals surface area (Å²) in [4.78, 5) is 21.6. The molecule has 0 spiro atoms. The van der Waals surface area contributed by atoms with Gasteiger partial charge in [-0.1, -0.05) is 31.5 Å². The minimum atomic E-state index is -4.48. The Morgan fingerprint density at radius 2 is 1.89 bits per heavy atom. The van der Waals surface area contributed by atoms with Crippen molar-refractivity contribution in [2.45, 2.75) is 57.7 Å². The van der Waals surface area contributed by atoms with Crippen molar-refractivity contribution in [3.63, 3.8) is 0 Å². The molecule has 9 heteroatoms. The SMILES string of the molecule is CCC1CC[C@H](NC(=O)c2cnc(N)c(C(=N)c3ccnc(C)c3)c2)[C@@H](c2ccccc2C(F)(F)F)C1. The van der Waals surface area contributed by atoms with Crippen LogP contribution in [0.15, 0.2) is 54.9 Å². The average molecular weight is 510 g/mol. The molecule has 1 saturated carbocycles. The summed E-state index contributed by atoms with van der Waals surface area (Å²) in [5.41, 5.74) is 7.49. The van der Waals surface area contributed by atoms with Crippen LogP contribution in [0, 0.1) is 18.3 Å². The average Bonchev–Trinajstić information content (AvgIpc) is 2.88. The van der Waals surface area contributed by atoms with E-state index in [2.05, 4.69) is 15.3 Å². The predicted octanol–water partition coefficient (Wildman–Crippen LogP) is 5.89. The van der Waals surface area contributed by atoms with E-state index in [-0.39, 0.29) is 28.6 Å². The fraction of sp³-hybridized carbons (Fsp3) is 0.357. The number of anilines is 1. The van der Waals surface area contributed by atoms with Crippen LogP contribution in [-0.2, 0) is 6.18 Å². The van der Waals surface area contributed by atoms with Gasteiger partial charge >= 0.3 is 6.18 Å². The van der Waals surface area contributed by atoms with Crippen LogP contribution < -0.4 is 11.1 Å². The van der Waals surface area contributed by atoms with Crippen molar-refractivity contribution in [2.24, 2.45) is 5.92 Å². The van der Waals surface area contributed by atoms with Gasteiger partial charge in [-0.2, -0.15) is 13.2 Å². The third-order valence-electron chi connectivity index (χ3n) is 7.15. The molecule has 194 valence electrons. The fourth-order valence-corrected chi connectivity index (χ4v) is 5.13. The number of rotatable bonds is 6. The van der Waals surface area contributed by atoms with Crippen LogP contribution in [-0.4, -0.2) is 27.6 Å². The number of benzene rings is 1. The first-order valence-electron chi connectivity index (χ1n) is 12.3. The predicted molar refractivity (Wildman–Crippen MR) is 137 cm³/mol. The Hall–Kier alpha value is -3.75. The van der Waals surface area contributed by atoms with Gasteiger partial charge in [0.1, 0.15) is 5.82 Å². The van der Waals surface area contributed by atoms with E-state index in [4.69, 9.17) is 11.1 Å². The third-order valence-corrected chi connectivity index (χ3v) is 7.15. The largest absolute Gasteiger partial charge is 0.416 e. The highest BCUT2D eigenvalue weighted by Gasteiger charge is 2.39. The lowest BCUT2D eigenvalue weighted by Crippen LogP contribution is -2.43. The third kappa shape index (κ3) is 5.81. The van der Waals surface area contributed by atoms with E-state index in [0.29, 0.717) is 24.0 Å². The Morgan fingerprint density at radius 1 is 1.14 bits per heavy atom. The summed E-state index contributed by atoms with van der Waals surface area (Å²) < 4.78 is 41.5. The number of aryl methyl sites for hydroxylation is 1. The van der Waals surface area contributed by atoms with Gasteiger partial charge < -0.3 is 11.1 Å². The number of hydrogen-bond donors (Lipinski definition) is 3. The highest BCUT2D eigenvalue weighted by atomic mass is 19.4. The van der Waals surface area contributed by atoms with E-state index in [9.17, 15) is 18.0 Å². The van der Waals surface area contributed by atoms with Crippen LogP contribution in [0.1, 0.15) is 76.8 Å². The lowest BCUT2D eigenvalue weighted by molar-refractivity contribution is -0.138. The molecule has 2 aromatic heterocycles. The van der Waals surface area contributed by atoms with Crippen LogP contribution in [0.4, 0.5) is 19.0 Å². The number of aromatic nitrogens is 2. The van der Waals surface area contributed by atoms with Gasteiger partial charge in [0.25, 0.3) is 5.91 Å². The second kappa shape index (κ2) is 10.7. The molecule has 1 aliphatic rings. The fourth-order valence-electron chi connectivity index (χ4n) is 5.13. The molecule has 4 rings (SSSR count). The van der Waals surface area contributed by atoms with Crippen molar-refractivity contribution in [1.29, 1.82) is 5.41 Å². The van der Waals surface area contributed by atoms with E-state index in [1.807, 2.05) is 13.8 Å². The van der Waals surface area contributed by atoms with Gasteiger partial charge in [-0.15, -0.1) is 0 Å². The molecule has 1 unspecified atom stereocenters. The molecule has 0 bridgehead atoms. The summed E-state index contributed by atoms with van der Waals surface area (Å²) in [5.74, 6) is -0.536. The number of nitrogens with zero attached hydrogens (tertiary/aromatic N) is 2. The van der Waals surface area contributed by atoms with E-state index in [0.717, 1.165) is 24.6 Å². The van der Waals surface area contributed by atoms with Crippen molar-refractivity contribution in [3.8, 4) is 0 Å². The quantitative estimate of drug-likeness (QED) is 0.360. The Kier molecular flexibility index (Phi) is 7.61. The highest BCUT2D eigenvalue weighted by Crippen LogP contribution is 2.43. The topological polar surface area (TPSA) is 105 Å². The molecule has 1 fully saturated rings. The lowest BCUT2D eigenvalue weighted by Gasteiger charge is -2.37. The monoisotopic (exact) mass is 509 g/mol. The maximum atomic E-state index is 13.8. The van der Waals surface area contributed by atoms with Gasteiger partial charge in [0, 0.05) is 41.2 Å². The number of nitrogens with two attached hydrogens (primary N) is 1. The summed E-state index contributed by atoms with van der Waals surface area (Å²) in [6.45, 7) is 3.85. The van der Waals surface area contributed by atoms with Gasteiger partial charge in [-0.05, 0) is 61.9 Å². The van der Waals surface area contributed by atoms with E-state index < -0.39 is 29.6 Å². The molecular formula is C28H30F3N5O. The van der Waals surface area contributed by atoms with Crippen molar-refractivity contribution < 1.29 is 18.0 Å². The molecule has 1 aliphatic carbocycles. The van der Waals surface area contributed by atoms with Crippen molar-refractivity contribution in [2.75, 3.05) is 5.73 Å². The second-order valence-electron chi connectivity index (χ2n) is 9.58. The number of nitrogens with one attached hydrogen (secondary N) is 2. The number of halogens is 3. The van der Waals surface area contributed by atoms with Gasteiger partial charge in [-0.25, -0.2) is 4.98 Å². The van der Waals surface area contributed by atoms with E-state index in [1.165, 1.54) is 24.4 Å². The molecule has 1 amide bonds. The molecule has 1 aromatic carbocycles. The van der Waals surface area contributed by atoms with Gasteiger partial charge in [-0.3, -0.25) is 15.2 Å². The van der Waals surface area contributed by atoms with Crippen LogP contribution in [0.5, 0.6) is 0 Å². The Labute approximate surface area is 214 Å². The standard InChI is InChI=1S/C28H30F3N5O/c1-3-17-8-9-24(21(13-17)20-6-4-5-7-23(20)28(29,30)31)36-27(37)19-14-22(26(33)35-15-19)25(32)18-10-11-34-16(2)12-18/h4-7,10-12,14-15,17,21,24,32H,3,8-9,13H2,1-2H3,(H2,33,35)(H,36,37)/t17?,21-,24+/m1/s1. The van der Waals surface area contributed by atoms with E-state index in [1.54, 1.807) is 24.4 Å². The molecule has 4 N–H and O–H groups in total. The molecule has 6 nitrogen and oxygen atoms in total. The maximum Gasteiger partial charge on any atom is 0.416 e. The molecule has 37 heavy (non-hydrogen) atoms. The molecule has 0 radical (unpaired) electrons. The highest BCUT2D eigenvalue weighted by molar-refractivity contribution is 6.14. The lowest BCUT2D eigenvalue weighted by atomic mass is 9.72. The minimum Gasteiger partial charge on any atom is -0.383 e. The number of nitrogen functional groups attached to an aromatic ring is 1. The zero-order chi connectivity index (χ0) is 26.7. The summed E-state index contributed by atoms with van der Waals surface area (Å²) in [6, 6.07) is 10.1. The number of carbonyl (C=O) groups is 1. The first-order valence-corrected chi connectivity index (χ1v) is 12.3. The van der Waals surface area contributed by atoms with Gasteiger partial charge in [0.05, 0.1) is 16.8 Å². The van der Waals surface area contributed by atoms with Crippen molar-refractivity contribution in [1.82, 2.24) is 15.3 Å². The first kappa shape index (κ1) is 26.3. The number of hydrogen-bond acceptors (Lipinski definition) is 5. The minimum absolute atomic E-state index is 0.102. The van der Waals surface area contributed by atoms with Crippen LogP contribution >= 0.6 is 0 Å². The zero-order valence-electron chi connectivity index (χ0n) is 20.8. The Morgan fingerprint density at radius 3 is 2.59 bits per heavy atom. The number of pyridine rings is 2. The summed E-state index contributed by atoms with van der Waals surface area (Å²) in [6.07, 6.45) is 1.26. The van der Waals surface area contributed by atoms with Gasteiger partial charge in [0.15, 0.2) is 0 Å². The molecular weight excluding hydrogens is 479 g/mol. The maximum absolute atomic E-state index is 13.8. The molecule has 0 saturated heterocycles. The van der Waals surface area contributed by atoms with Crippen LogP contribution in [0.3, 0.4) is 0 Å². The molecule has 3 aromatic rings. The summed E-state index contributed by atoms with van der Waals surface area (Å²) in [7, 11) is 0. The van der Waals surface area contributed by atoms with Crippen molar-refractivity contribution >= 4 is 17.4 Å². The normalized spacial score (nSPS) is 19.9. The number of amides is 1. The van der Waals surface area contributed by atoms with E-state index >= 15 is 0 Å². The van der Waals surface area contributed by atoms with Crippen LogP contribution in [0.2, 0.25) is 0 Å². The smallest absolute Gasteiger partial charge is 0.383 e. The number of alkyl halides is 3. The molecule has 0 aliphatic heterocycles. The summed E-state index contributed by atoms with van der Waals surface area (Å²) in [5, 5.41) is 11.6. The summed E-state index contributed by atoms with van der Waals surface area (Å²) >= 11 is 0. The molecule has 2 heterocycles. The second-order valence-corrected chi connectivity index (χ2v) is 9.58. The van der Waals surface area contributed by atoms with Crippen LogP contribution in [0.25, 0.3) is 0 Å². The van der Waals surface area contributed by atoms with Crippen molar-refractivity contribution in [3.05, 3.63) is 88.4 Å². The Balaban J connectivity index is 1.62. The van der Waals surface area contributed by atoms with Gasteiger partial charge in [0.2, 0.25) is 0 Å². The Bertz CT molecular complexity index is 1310. The number of carbonyl (C=O) groups excluding carboxylic acids is 1. The zero-order valence-corrected chi connectivity index (χ0v) is 20.8.